The molecule has 0 aliphatic rings. The molecule has 0 heterocycles. The first-order valence-electron chi connectivity index (χ1n) is 7.29. The molecule has 0 spiro atoms. The third-order valence-electron chi connectivity index (χ3n) is 3.46. The molecule has 0 aliphatic heterocycles. The molecular weight excluding hydrogens is 295 g/mol. The summed E-state index contributed by atoms with van der Waals surface area (Å²) in [5, 5.41) is 0. The van der Waals surface area contributed by atoms with Crippen LogP contribution in [0.3, 0.4) is 0 Å². The third-order valence-corrected chi connectivity index (χ3v) is 4.67. The van der Waals surface area contributed by atoms with Gasteiger partial charge in [-0.3, -0.25) is 0 Å². The first kappa shape index (κ1) is 16.6. The third kappa shape index (κ3) is 4.10. The van der Waals surface area contributed by atoms with Crippen LogP contribution in [-0.2, 0) is 0 Å². The zero-order valence-corrected chi connectivity index (χ0v) is 14.2. The van der Waals surface area contributed by atoms with Crippen LogP contribution in [0.4, 0.5) is 10.1 Å². The van der Waals surface area contributed by atoms with Crippen molar-refractivity contribution >= 4 is 23.8 Å². The van der Waals surface area contributed by atoms with E-state index >= 15 is 0 Å². The standard InChI is InChI=1S/C18H21FN2S/c1-5-21(4)12-20-16-11-15(19)18(10-14(16)3)22-17-9-7-6-8-13(17)2/h6-12H,5H2,1-4H3. The summed E-state index contributed by atoms with van der Waals surface area (Å²) in [5.74, 6) is -0.231. The molecule has 0 aromatic heterocycles. The minimum atomic E-state index is -0.231. The van der Waals surface area contributed by atoms with Crippen molar-refractivity contribution in [1.29, 1.82) is 0 Å². The van der Waals surface area contributed by atoms with Gasteiger partial charge in [0.1, 0.15) is 5.82 Å². The van der Waals surface area contributed by atoms with E-state index in [0.29, 0.717) is 10.6 Å². The Labute approximate surface area is 136 Å². The van der Waals surface area contributed by atoms with Gasteiger partial charge in [0.25, 0.3) is 0 Å². The van der Waals surface area contributed by atoms with Crippen molar-refractivity contribution in [2.45, 2.75) is 30.6 Å². The Morgan fingerprint density at radius 2 is 1.86 bits per heavy atom. The summed E-state index contributed by atoms with van der Waals surface area (Å²) in [6.07, 6.45) is 1.73. The molecule has 0 saturated carbocycles. The fourth-order valence-corrected chi connectivity index (χ4v) is 2.90. The van der Waals surface area contributed by atoms with Crippen LogP contribution in [0.1, 0.15) is 18.1 Å². The minimum Gasteiger partial charge on any atom is -0.366 e. The van der Waals surface area contributed by atoms with E-state index in [2.05, 4.69) is 4.99 Å². The number of aliphatic imine (C=N–C) groups is 1. The first-order valence-corrected chi connectivity index (χ1v) is 8.11. The lowest BCUT2D eigenvalue weighted by atomic mass is 10.2. The highest BCUT2D eigenvalue weighted by molar-refractivity contribution is 7.99. The van der Waals surface area contributed by atoms with Gasteiger partial charge in [0.15, 0.2) is 0 Å². The Morgan fingerprint density at radius 3 is 2.55 bits per heavy atom. The molecule has 22 heavy (non-hydrogen) atoms. The van der Waals surface area contributed by atoms with Crippen molar-refractivity contribution in [3.63, 3.8) is 0 Å². The molecular formula is C18H21FN2S. The molecule has 2 rings (SSSR count). The molecule has 0 bridgehead atoms. The van der Waals surface area contributed by atoms with E-state index in [1.54, 1.807) is 6.34 Å². The lowest BCUT2D eigenvalue weighted by molar-refractivity contribution is 0.551. The molecule has 0 saturated heterocycles. The highest BCUT2D eigenvalue weighted by Crippen LogP contribution is 2.35. The predicted octanol–water partition coefficient (Wildman–Crippen LogP) is 5.21. The second-order valence-electron chi connectivity index (χ2n) is 5.25. The molecule has 0 unspecified atom stereocenters. The van der Waals surface area contributed by atoms with E-state index in [0.717, 1.165) is 22.6 Å². The van der Waals surface area contributed by atoms with Gasteiger partial charge in [0.05, 0.1) is 12.0 Å². The maximum absolute atomic E-state index is 14.3. The number of benzene rings is 2. The van der Waals surface area contributed by atoms with Crippen LogP contribution in [0, 0.1) is 19.7 Å². The van der Waals surface area contributed by atoms with E-state index < -0.39 is 0 Å². The minimum absolute atomic E-state index is 0.231. The summed E-state index contributed by atoms with van der Waals surface area (Å²) in [6.45, 7) is 6.90. The van der Waals surface area contributed by atoms with Crippen molar-refractivity contribution in [2.24, 2.45) is 4.99 Å². The van der Waals surface area contributed by atoms with Crippen molar-refractivity contribution < 1.29 is 4.39 Å². The predicted molar refractivity (Wildman–Crippen MR) is 92.9 cm³/mol. The Kier molecular flexibility index (Phi) is 5.61. The molecule has 2 aromatic carbocycles. The van der Waals surface area contributed by atoms with E-state index in [4.69, 9.17) is 0 Å². The van der Waals surface area contributed by atoms with Crippen LogP contribution in [0.2, 0.25) is 0 Å². The zero-order chi connectivity index (χ0) is 16.1. The van der Waals surface area contributed by atoms with Crippen LogP contribution in [0.5, 0.6) is 0 Å². The summed E-state index contributed by atoms with van der Waals surface area (Å²) in [5.41, 5.74) is 2.79. The lowest BCUT2D eigenvalue weighted by Gasteiger charge is -2.11. The van der Waals surface area contributed by atoms with Crippen LogP contribution in [-0.4, -0.2) is 24.8 Å². The zero-order valence-electron chi connectivity index (χ0n) is 13.4. The van der Waals surface area contributed by atoms with E-state index in [9.17, 15) is 4.39 Å². The van der Waals surface area contributed by atoms with Crippen molar-refractivity contribution in [3.8, 4) is 0 Å². The van der Waals surface area contributed by atoms with Gasteiger partial charge < -0.3 is 4.90 Å². The Morgan fingerprint density at radius 1 is 1.14 bits per heavy atom. The number of aryl methyl sites for hydroxylation is 2. The summed E-state index contributed by atoms with van der Waals surface area (Å²) in [6, 6.07) is 11.4. The van der Waals surface area contributed by atoms with Crippen LogP contribution < -0.4 is 0 Å². The fraction of sp³-hybridized carbons (Fsp3) is 0.278. The van der Waals surface area contributed by atoms with Gasteiger partial charge in [-0.1, -0.05) is 30.0 Å². The molecule has 0 radical (unpaired) electrons. The van der Waals surface area contributed by atoms with Gasteiger partial charge in [0, 0.05) is 29.4 Å². The molecule has 4 heteroatoms. The number of halogens is 1. The summed E-state index contributed by atoms with van der Waals surface area (Å²) in [7, 11) is 1.94. The Bertz CT molecular complexity index is 683. The number of nitrogens with zero attached hydrogens (tertiary/aromatic N) is 2. The normalized spacial score (nSPS) is 11.1. The van der Waals surface area contributed by atoms with E-state index in [1.807, 2.05) is 63.1 Å². The van der Waals surface area contributed by atoms with Crippen LogP contribution in [0.25, 0.3) is 0 Å². The highest BCUT2D eigenvalue weighted by atomic mass is 32.2. The quantitative estimate of drug-likeness (QED) is 0.556. The second-order valence-corrected chi connectivity index (χ2v) is 6.34. The first-order chi connectivity index (χ1) is 10.5. The van der Waals surface area contributed by atoms with Gasteiger partial charge in [-0.15, -0.1) is 0 Å². The van der Waals surface area contributed by atoms with Gasteiger partial charge in [-0.2, -0.15) is 0 Å². The van der Waals surface area contributed by atoms with Gasteiger partial charge in [0.2, 0.25) is 0 Å². The molecule has 116 valence electrons. The largest absolute Gasteiger partial charge is 0.366 e. The molecule has 0 N–H and O–H groups in total. The smallest absolute Gasteiger partial charge is 0.139 e. The molecule has 0 atom stereocenters. The number of hydrogen-bond acceptors (Lipinski definition) is 2. The van der Waals surface area contributed by atoms with Gasteiger partial charge in [-0.25, -0.2) is 9.38 Å². The van der Waals surface area contributed by atoms with Crippen molar-refractivity contribution in [3.05, 3.63) is 53.3 Å². The summed E-state index contributed by atoms with van der Waals surface area (Å²) < 4.78 is 14.3. The number of rotatable bonds is 5. The molecule has 2 aromatic rings. The summed E-state index contributed by atoms with van der Waals surface area (Å²) in [4.78, 5) is 8.01. The van der Waals surface area contributed by atoms with Gasteiger partial charge in [-0.05, 0) is 44.0 Å². The average molecular weight is 316 g/mol. The van der Waals surface area contributed by atoms with Crippen molar-refractivity contribution in [2.75, 3.05) is 13.6 Å². The molecule has 2 nitrogen and oxygen atoms in total. The maximum Gasteiger partial charge on any atom is 0.139 e. The van der Waals surface area contributed by atoms with E-state index in [1.165, 1.54) is 17.8 Å². The SMILES string of the molecule is CCN(C)C=Nc1cc(F)c(Sc2ccccc2C)cc1C. The average Bonchev–Trinajstić information content (AvgIpc) is 2.51. The fourth-order valence-electron chi connectivity index (χ4n) is 1.89. The second kappa shape index (κ2) is 7.45. The maximum atomic E-state index is 14.3. The summed E-state index contributed by atoms with van der Waals surface area (Å²) >= 11 is 1.46. The molecule has 0 fully saturated rings. The number of hydrogen-bond donors (Lipinski definition) is 0. The van der Waals surface area contributed by atoms with Gasteiger partial charge >= 0.3 is 0 Å². The van der Waals surface area contributed by atoms with E-state index in [-0.39, 0.29) is 5.82 Å². The molecule has 0 aliphatic carbocycles. The Hall–Kier alpha value is -1.81. The lowest BCUT2D eigenvalue weighted by Crippen LogP contribution is -2.14. The monoisotopic (exact) mass is 316 g/mol. The molecule has 0 amide bonds. The van der Waals surface area contributed by atoms with Crippen molar-refractivity contribution in [1.82, 2.24) is 4.90 Å². The topological polar surface area (TPSA) is 15.6 Å². The van der Waals surface area contributed by atoms with Crippen LogP contribution >= 0.6 is 11.8 Å². The highest BCUT2D eigenvalue weighted by Gasteiger charge is 2.09. The van der Waals surface area contributed by atoms with Crippen LogP contribution in [0.15, 0.2) is 51.2 Å². The Balaban J connectivity index is 2.27.